The van der Waals surface area contributed by atoms with Crippen molar-refractivity contribution in [1.82, 2.24) is 15.1 Å². The summed E-state index contributed by atoms with van der Waals surface area (Å²) in [5, 5.41) is 6.91. The van der Waals surface area contributed by atoms with Crippen molar-refractivity contribution in [3.8, 4) is 0 Å². The molecule has 1 aliphatic heterocycles. The van der Waals surface area contributed by atoms with E-state index in [0.29, 0.717) is 23.1 Å². The third-order valence-electron chi connectivity index (χ3n) is 4.98. The summed E-state index contributed by atoms with van der Waals surface area (Å²) < 4.78 is 5.35. The highest BCUT2D eigenvalue weighted by Crippen LogP contribution is 2.28. The predicted octanol–water partition coefficient (Wildman–Crippen LogP) is 2.26. The minimum atomic E-state index is -0.266. The lowest BCUT2D eigenvalue weighted by Crippen LogP contribution is -2.24. The molecule has 0 unspecified atom stereocenters. The van der Waals surface area contributed by atoms with Crippen LogP contribution in [0.2, 0.25) is 0 Å². The Morgan fingerprint density at radius 3 is 2.73 bits per heavy atom. The minimum Gasteiger partial charge on any atom is -0.361 e. The number of rotatable bonds is 4. The second-order valence-electron chi connectivity index (χ2n) is 7.09. The van der Waals surface area contributed by atoms with Gasteiger partial charge >= 0.3 is 0 Å². The van der Waals surface area contributed by atoms with Crippen molar-refractivity contribution in [3.63, 3.8) is 0 Å². The zero-order valence-electron chi connectivity index (χ0n) is 15.3. The van der Waals surface area contributed by atoms with Gasteiger partial charge in [-0.05, 0) is 32.1 Å². The van der Waals surface area contributed by atoms with Crippen LogP contribution in [-0.2, 0) is 12.8 Å². The summed E-state index contributed by atoms with van der Waals surface area (Å²) in [6, 6.07) is 0. The number of aromatic nitrogens is 3. The fourth-order valence-corrected chi connectivity index (χ4v) is 3.61. The van der Waals surface area contributed by atoms with Gasteiger partial charge in [0.15, 0.2) is 11.5 Å². The molecule has 138 valence electrons. The molecule has 0 radical (unpaired) electrons. The molecule has 1 amide bonds. The van der Waals surface area contributed by atoms with Crippen LogP contribution in [-0.4, -0.2) is 48.2 Å². The third kappa shape index (κ3) is 3.11. The lowest BCUT2D eigenvalue weighted by molar-refractivity contribution is 0.101. The molecule has 0 atom stereocenters. The molecule has 3 heterocycles. The number of hydrogen-bond acceptors (Lipinski definition) is 7. The lowest BCUT2D eigenvalue weighted by Gasteiger charge is -2.21. The second-order valence-corrected chi connectivity index (χ2v) is 7.09. The van der Waals surface area contributed by atoms with Crippen LogP contribution in [0.15, 0.2) is 10.7 Å². The molecule has 1 fully saturated rings. The van der Waals surface area contributed by atoms with E-state index in [-0.39, 0.29) is 5.91 Å². The Bertz CT molecular complexity index is 810. The van der Waals surface area contributed by atoms with Crippen LogP contribution in [0.4, 0.5) is 17.5 Å². The van der Waals surface area contributed by atoms with Gasteiger partial charge in [-0.2, -0.15) is 4.98 Å². The van der Waals surface area contributed by atoms with Crippen molar-refractivity contribution in [2.75, 3.05) is 42.3 Å². The van der Waals surface area contributed by atoms with Gasteiger partial charge < -0.3 is 19.6 Å². The number of amides is 1. The van der Waals surface area contributed by atoms with Crippen LogP contribution in [0.5, 0.6) is 0 Å². The van der Waals surface area contributed by atoms with E-state index in [2.05, 4.69) is 25.3 Å². The Balaban J connectivity index is 1.59. The van der Waals surface area contributed by atoms with E-state index in [9.17, 15) is 4.79 Å². The van der Waals surface area contributed by atoms with Crippen molar-refractivity contribution >= 4 is 23.4 Å². The number of nitrogens with zero attached hydrogens (tertiary/aromatic N) is 5. The van der Waals surface area contributed by atoms with Gasteiger partial charge in [0.1, 0.15) is 11.4 Å². The number of carbonyl (C=O) groups excluding carboxylic acids is 1. The van der Waals surface area contributed by atoms with E-state index in [0.717, 1.165) is 62.9 Å². The maximum atomic E-state index is 12.7. The Hall–Kier alpha value is -2.64. The lowest BCUT2D eigenvalue weighted by atomic mass is 9.96. The molecule has 1 N–H and O–H groups in total. The number of hydrogen-bond donors (Lipinski definition) is 1. The van der Waals surface area contributed by atoms with Crippen molar-refractivity contribution < 1.29 is 9.32 Å². The topological polar surface area (TPSA) is 87.4 Å². The molecular formula is C18H24N6O2. The number of aryl methyl sites for hydroxylation is 1. The molecule has 0 saturated carbocycles. The largest absolute Gasteiger partial charge is 0.361 e. The molecule has 1 saturated heterocycles. The summed E-state index contributed by atoms with van der Waals surface area (Å²) >= 11 is 0. The van der Waals surface area contributed by atoms with Crippen LogP contribution in [0.25, 0.3) is 0 Å². The van der Waals surface area contributed by atoms with Crippen molar-refractivity contribution in [2.45, 2.75) is 38.5 Å². The molecule has 26 heavy (non-hydrogen) atoms. The SMILES string of the molecule is CN(C)c1nc(N2CCCC2)ncc1NC(=O)c1noc2c1CCCC2. The summed E-state index contributed by atoms with van der Waals surface area (Å²) in [7, 11) is 3.81. The van der Waals surface area contributed by atoms with Gasteiger partial charge in [-0.15, -0.1) is 0 Å². The van der Waals surface area contributed by atoms with E-state index < -0.39 is 0 Å². The smallest absolute Gasteiger partial charge is 0.278 e. The van der Waals surface area contributed by atoms with Gasteiger partial charge in [0, 0.05) is 39.2 Å². The van der Waals surface area contributed by atoms with Crippen LogP contribution in [0.1, 0.15) is 47.5 Å². The monoisotopic (exact) mass is 356 g/mol. The molecule has 0 spiro atoms. The molecule has 0 bridgehead atoms. The molecule has 4 rings (SSSR count). The zero-order chi connectivity index (χ0) is 18.1. The van der Waals surface area contributed by atoms with Crippen molar-refractivity contribution in [1.29, 1.82) is 0 Å². The minimum absolute atomic E-state index is 0.266. The van der Waals surface area contributed by atoms with Gasteiger partial charge in [0.05, 0.1) is 6.20 Å². The Kier molecular flexibility index (Phi) is 4.48. The van der Waals surface area contributed by atoms with Crippen LogP contribution >= 0.6 is 0 Å². The van der Waals surface area contributed by atoms with Gasteiger partial charge in [-0.3, -0.25) is 4.79 Å². The maximum absolute atomic E-state index is 12.7. The standard InChI is InChI=1S/C18H24N6O2/c1-23(2)16-13(11-19-18(21-16)24-9-5-6-10-24)20-17(25)15-12-7-3-4-8-14(12)26-22-15/h11H,3-10H2,1-2H3,(H,20,25). The Morgan fingerprint density at radius 2 is 1.96 bits per heavy atom. The highest BCUT2D eigenvalue weighted by atomic mass is 16.5. The Labute approximate surface area is 152 Å². The van der Waals surface area contributed by atoms with Crippen molar-refractivity contribution in [2.24, 2.45) is 0 Å². The molecule has 1 aliphatic carbocycles. The van der Waals surface area contributed by atoms with Crippen LogP contribution in [0, 0.1) is 0 Å². The molecule has 8 heteroatoms. The highest BCUT2D eigenvalue weighted by molar-refractivity contribution is 6.05. The number of anilines is 3. The predicted molar refractivity (Wildman–Crippen MR) is 98.9 cm³/mol. The molecule has 2 aliphatic rings. The van der Waals surface area contributed by atoms with E-state index in [1.165, 1.54) is 0 Å². The summed E-state index contributed by atoms with van der Waals surface area (Å²) in [5.74, 6) is 1.98. The van der Waals surface area contributed by atoms with Gasteiger partial charge in [0.25, 0.3) is 5.91 Å². The van der Waals surface area contributed by atoms with Gasteiger partial charge in [0.2, 0.25) is 5.95 Å². The Morgan fingerprint density at radius 1 is 1.19 bits per heavy atom. The zero-order valence-corrected chi connectivity index (χ0v) is 15.3. The number of carbonyl (C=O) groups is 1. The van der Waals surface area contributed by atoms with Crippen LogP contribution in [0.3, 0.4) is 0 Å². The van der Waals surface area contributed by atoms with E-state index in [4.69, 9.17) is 4.52 Å². The highest BCUT2D eigenvalue weighted by Gasteiger charge is 2.25. The molecule has 2 aromatic heterocycles. The first-order valence-corrected chi connectivity index (χ1v) is 9.21. The molecule has 2 aromatic rings. The summed E-state index contributed by atoms with van der Waals surface area (Å²) in [5.41, 5.74) is 1.90. The van der Waals surface area contributed by atoms with Gasteiger partial charge in [-0.25, -0.2) is 4.98 Å². The van der Waals surface area contributed by atoms with E-state index >= 15 is 0 Å². The maximum Gasteiger partial charge on any atom is 0.278 e. The van der Waals surface area contributed by atoms with E-state index in [1.54, 1.807) is 6.20 Å². The summed E-state index contributed by atoms with van der Waals surface area (Å²) in [6.07, 6.45) is 7.84. The van der Waals surface area contributed by atoms with E-state index in [1.807, 2.05) is 19.0 Å². The average molecular weight is 356 g/mol. The van der Waals surface area contributed by atoms with Crippen molar-refractivity contribution in [3.05, 3.63) is 23.2 Å². The molecule has 8 nitrogen and oxygen atoms in total. The first-order valence-electron chi connectivity index (χ1n) is 9.21. The number of nitrogens with one attached hydrogen (secondary N) is 1. The summed E-state index contributed by atoms with van der Waals surface area (Å²) in [6.45, 7) is 1.95. The molecular weight excluding hydrogens is 332 g/mol. The second kappa shape index (κ2) is 6.93. The third-order valence-corrected chi connectivity index (χ3v) is 4.98. The molecule has 0 aromatic carbocycles. The van der Waals surface area contributed by atoms with Crippen LogP contribution < -0.4 is 15.1 Å². The first-order chi connectivity index (χ1) is 12.6. The number of fused-ring (bicyclic) bond motifs is 1. The van der Waals surface area contributed by atoms with Gasteiger partial charge in [-0.1, -0.05) is 5.16 Å². The fraction of sp³-hybridized carbons (Fsp3) is 0.556. The normalized spacial score (nSPS) is 16.5. The first kappa shape index (κ1) is 16.8. The fourth-order valence-electron chi connectivity index (χ4n) is 3.61. The average Bonchev–Trinajstić information content (AvgIpc) is 3.31. The quantitative estimate of drug-likeness (QED) is 0.899. The summed E-state index contributed by atoms with van der Waals surface area (Å²) in [4.78, 5) is 25.9.